The maximum atomic E-state index is 11.5. The number of halogens is 1. The van der Waals surface area contributed by atoms with Gasteiger partial charge in [-0.25, -0.2) is 0 Å². The van der Waals surface area contributed by atoms with Crippen LogP contribution in [0.25, 0.3) is 0 Å². The molecular formula is C13H13ClO4. The molecule has 2 aliphatic rings. The predicted octanol–water partition coefficient (Wildman–Crippen LogP) is 2.54. The summed E-state index contributed by atoms with van der Waals surface area (Å²) in [5.74, 6) is 0.298. The fraction of sp³-hybridized carbons (Fsp3) is 0.462. The first-order valence-corrected chi connectivity index (χ1v) is 6.26. The molecule has 0 atom stereocenters. The average molecular weight is 269 g/mol. The number of hydrogen-bond acceptors (Lipinski definition) is 3. The van der Waals surface area contributed by atoms with E-state index in [0.29, 0.717) is 48.1 Å². The summed E-state index contributed by atoms with van der Waals surface area (Å²) < 4.78 is 11.1. The van der Waals surface area contributed by atoms with Gasteiger partial charge < -0.3 is 14.6 Å². The Morgan fingerprint density at radius 1 is 1.39 bits per heavy atom. The van der Waals surface area contributed by atoms with Gasteiger partial charge in [-0.2, -0.15) is 0 Å². The summed E-state index contributed by atoms with van der Waals surface area (Å²) in [6.45, 7) is 2.74. The summed E-state index contributed by atoms with van der Waals surface area (Å²) >= 11 is 6.16. The lowest BCUT2D eigenvalue weighted by molar-refractivity contribution is -0.140. The Labute approximate surface area is 109 Å². The highest BCUT2D eigenvalue weighted by atomic mass is 35.5. The lowest BCUT2D eigenvalue weighted by atomic mass is 9.90. The van der Waals surface area contributed by atoms with Crippen LogP contribution in [-0.2, 0) is 10.2 Å². The van der Waals surface area contributed by atoms with Crippen molar-refractivity contribution in [2.24, 2.45) is 0 Å². The predicted molar refractivity (Wildman–Crippen MR) is 65.7 cm³/mol. The number of fused-ring (bicyclic) bond motifs is 1. The van der Waals surface area contributed by atoms with Gasteiger partial charge in [0, 0.05) is 16.7 Å². The monoisotopic (exact) mass is 268 g/mol. The molecule has 0 saturated heterocycles. The number of aliphatic carboxylic acids is 1. The SMILES string of the molecule is Cc1c(Cl)cc2c(c1C1(C(=O)O)CC1)OCCO2. The van der Waals surface area contributed by atoms with Crippen molar-refractivity contribution in [1.82, 2.24) is 0 Å². The van der Waals surface area contributed by atoms with Crippen LogP contribution in [0.15, 0.2) is 6.07 Å². The van der Waals surface area contributed by atoms with Gasteiger partial charge in [-0.3, -0.25) is 4.79 Å². The minimum atomic E-state index is -0.834. The minimum Gasteiger partial charge on any atom is -0.486 e. The number of hydrogen-bond donors (Lipinski definition) is 1. The zero-order valence-corrected chi connectivity index (χ0v) is 10.7. The normalized spacial score (nSPS) is 19.4. The Kier molecular flexibility index (Phi) is 2.45. The van der Waals surface area contributed by atoms with Gasteiger partial charge >= 0.3 is 5.97 Å². The minimum absolute atomic E-state index is 0.441. The van der Waals surface area contributed by atoms with Crippen molar-refractivity contribution in [3.8, 4) is 11.5 Å². The summed E-state index contributed by atoms with van der Waals surface area (Å²) in [5, 5.41) is 9.96. The van der Waals surface area contributed by atoms with Gasteiger partial charge in [0.2, 0.25) is 0 Å². The summed E-state index contributed by atoms with van der Waals surface area (Å²) in [6, 6.07) is 1.70. The Morgan fingerprint density at radius 3 is 2.67 bits per heavy atom. The van der Waals surface area contributed by atoms with E-state index in [-0.39, 0.29) is 0 Å². The molecule has 1 heterocycles. The summed E-state index contributed by atoms with van der Waals surface area (Å²) in [4.78, 5) is 11.5. The van der Waals surface area contributed by atoms with Crippen molar-refractivity contribution in [3.05, 3.63) is 22.2 Å². The smallest absolute Gasteiger partial charge is 0.314 e. The Bertz CT molecular complexity index is 534. The van der Waals surface area contributed by atoms with Crippen molar-refractivity contribution in [3.63, 3.8) is 0 Å². The van der Waals surface area contributed by atoms with Crippen LogP contribution in [0.1, 0.15) is 24.0 Å². The van der Waals surface area contributed by atoms with E-state index in [4.69, 9.17) is 21.1 Å². The Morgan fingerprint density at radius 2 is 2.06 bits per heavy atom. The molecular weight excluding hydrogens is 256 g/mol. The fourth-order valence-corrected chi connectivity index (χ4v) is 2.71. The highest BCUT2D eigenvalue weighted by Crippen LogP contribution is 2.56. The molecule has 0 spiro atoms. The highest BCUT2D eigenvalue weighted by molar-refractivity contribution is 6.31. The zero-order valence-electron chi connectivity index (χ0n) is 9.96. The van der Waals surface area contributed by atoms with E-state index in [1.807, 2.05) is 6.92 Å². The summed E-state index contributed by atoms with van der Waals surface area (Å²) in [5.41, 5.74) is 0.637. The quantitative estimate of drug-likeness (QED) is 0.896. The van der Waals surface area contributed by atoms with E-state index >= 15 is 0 Å². The molecule has 0 aromatic heterocycles. The van der Waals surface area contributed by atoms with Crippen LogP contribution in [0.5, 0.6) is 11.5 Å². The van der Waals surface area contributed by atoms with E-state index in [0.717, 1.165) is 5.56 Å². The van der Waals surface area contributed by atoms with Crippen molar-refractivity contribution in [2.45, 2.75) is 25.2 Å². The number of benzene rings is 1. The molecule has 0 radical (unpaired) electrons. The molecule has 0 bridgehead atoms. The standard InChI is InChI=1S/C13H13ClO4/c1-7-8(14)6-9-11(18-5-4-17-9)10(7)13(2-3-13)12(15)16/h6H,2-5H2,1H3,(H,15,16). The maximum Gasteiger partial charge on any atom is 0.314 e. The van der Waals surface area contributed by atoms with Gasteiger partial charge in [0.1, 0.15) is 13.2 Å². The number of rotatable bonds is 2. The molecule has 1 aromatic rings. The molecule has 1 aromatic carbocycles. The van der Waals surface area contributed by atoms with Crippen molar-refractivity contribution in [1.29, 1.82) is 0 Å². The first-order chi connectivity index (χ1) is 8.56. The molecule has 4 nitrogen and oxygen atoms in total. The van der Waals surface area contributed by atoms with Gasteiger partial charge in [-0.15, -0.1) is 0 Å². The largest absolute Gasteiger partial charge is 0.486 e. The third-order valence-electron chi connectivity index (χ3n) is 3.67. The second-order valence-electron chi connectivity index (χ2n) is 4.77. The van der Waals surface area contributed by atoms with Gasteiger partial charge in [0.05, 0.1) is 5.41 Å². The molecule has 18 heavy (non-hydrogen) atoms. The second kappa shape index (κ2) is 3.79. The molecule has 1 N–H and O–H groups in total. The van der Waals surface area contributed by atoms with Crippen molar-refractivity contribution in [2.75, 3.05) is 13.2 Å². The average Bonchev–Trinajstić information content (AvgIpc) is 3.12. The molecule has 1 fully saturated rings. The zero-order chi connectivity index (χ0) is 12.9. The molecule has 0 unspecified atom stereocenters. The number of carbonyl (C=O) groups is 1. The van der Waals surface area contributed by atoms with E-state index < -0.39 is 11.4 Å². The van der Waals surface area contributed by atoms with Crippen LogP contribution in [0.3, 0.4) is 0 Å². The Hall–Kier alpha value is -1.42. The van der Waals surface area contributed by atoms with Crippen LogP contribution in [0.4, 0.5) is 0 Å². The van der Waals surface area contributed by atoms with Crippen LogP contribution >= 0.6 is 11.6 Å². The Balaban J connectivity index is 2.24. The molecule has 96 valence electrons. The number of carboxylic acid groups (broad SMARTS) is 1. The van der Waals surface area contributed by atoms with Gasteiger partial charge in [-0.1, -0.05) is 11.6 Å². The van der Waals surface area contributed by atoms with Crippen LogP contribution < -0.4 is 9.47 Å². The van der Waals surface area contributed by atoms with E-state index in [1.165, 1.54) is 0 Å². The second-order valence-corrected chi connectivity index (χ2v) is 5.18. The van der Waals surface area contributed by atoms with Crippen molar-refractivity contribution >= 4 is 17.6 Å². The fourth-order valence-electron chi connectivity index (χ4n) is 2.52. The lowest BCUT2D eigenvalue weighted by Gasteiger charge is -2.25. The van der Waals surface area contributed by atoms with Gasteiger partial charge in [0.25, 0.3) is 0 Å². The summed E-state index contributed by atoms with van der Waals surface area (Å²) in [7, 11) is 0. The topological polar surface area (TPSA) is 55.8 Å². The van der Waals surface area contributed by atoms with Gasteiger partial charge in [-0.05, 0) is 25.3 Å². The van der Waals surface area contributed by atoms with Crippen LogP contribution in [0.2, 0.25) is 5.02 Å². The van der Waals surface area contributed by atoms with E-state index in [1.54, 1.807) is 6.07 Å². The molecule has 0 amide bonds. The maximum absolute atomic E-state index is 11.5. The third kappa shape index (κ3) is 1.48. The highest BCUT2D eigenvalue weighted by Gasteiger charge is 2.55. The molecule has 1 aliphatic carbocycles. The van der Waals surface area contributed by atoms with E-state index in [9.17, 15) is 9.90 Å². The first-order valence-electron chi connectivity index (χ1n) is 5.89. The van der Waals surface area contributed by atoms with Crippen LogP contribution in [-0.4, -0.2) is 24.3 Å². The van der Waals surface area contributed by atoms with Crippen molar-refractivity contribution < 1.29 is 19.4 Å². The molecule has 3 rings (SSSR count). The third-order valence-corrected chi connectivity index (χ3v) is 4.06. The van der Waals surface area contributed by atoms with E-state index in [2.05, 4.69) is 0 Å². The number of ether oxygens (including phenoxy) is 2. The summed E-state index contributed by atoms with van der Waals surface area (Å²) in [6.07, 6.45) is 1.25. The molecule has 5 heteroatoms. The first kappa shape index (κ1) is 11.7. The van der Waals surface area contributed by atoms with Crippen LogP contribution in [0, 0.1) is 6.92 Å². The van der Waals surface area contributed by atoms with Gasteiger partial charge in [0.15, 0.2) is 11.5 Å². The lowest BCUT2D eigenvalue weighted by Crippen LogP contribution is -2.25. The number of carboxylic acids is 1. The molecule has 1 aliphatic heterocycles. The molecule has 1 saturated carbocycles.